The Morgan fingerprint density at radius 1 is 1.19 bits per heavy atom. The van der Waals surface area contributed by atoms with Crippen LogP contribution in [0, 0.1) is 0 Å². The largest absolute Gasteiger partial charge is 0.425 e. The molecule has 2 rings (SSSR count). The Bertz CT molecular complexity index is 462. The highest BCUT2D eigenvalue weighted by atomic mass is 79.9. The monoisotopic (exact) mass is 280 g/mol. The van der Waals surface area contributed by atoms with Gasteiger partial charge in [-0.15, -0.1) is 10.2 Å². The predicted molar refractivity (Wildman–Crippen MR) is 65.3 cm³/mol. The summed E-state index contributed by atoms with van der Waals surface area (Å²) in [5.74, 6) is 1.66. The second-order valence-corrected chi connectivity index (χ2v) is 4.91. The fourth-order valence-corrected chi connectivity index (χ4v) is 1.61. The van der Waals surface area contributed by atoms with E-state index in [0.717, 1.165) is 4.47 Å². The summed E-state index contributed by atoms with van der Waals surface area (Å²) in [6.45, 7) is 4.08. The number of halogens is 1. The van der Waals surface area contributed by atoms with Crippen molar-refractivity contribution >= 4 is 15.9 Å². The molecular weight excluding hydrogens is 268 g/mol. The maximum absolute atomic E-state index is 5.55. The normalized spacial score (nSPS) is 11.0. The minimum Gasteiger partial charge on any atom is -0.425 e. The topological polar surface area (TPSA) is 38.9 Å². The molecular formula is C12H13BrN2O. The van der Waals surface area contributed by atoms with Gasteiger partial charge in [0.25, 0.3) is 0 Å². The molecule has 0 atom stereocenters. The summed E-state index contributed by atoms with van der Waals surface area (Å²) in [7, 11) is 0. The lowest BCUT2D eigenvalue weighted by molar-refractivity contribution is 0.439. The zero-order valence-electron chi connectivity index (χ0n) is 9.27. The van der Waals surface area contributed by atoms with Crippen molar-refractivity contribution in [3.63, 3.8) is 0 Å². The lowest BCUT2D eigenvalue weighted by Gasteiger charge is -1.97. The molecule has 0 bridgehead atoms. The highest BCUT2D eigenvalue weighted by molar-refractivity contribution is 9.10. The van der Waals surface area contributed by atoms with Crippen LogP contribution in [0.25, 0.3) is 0 Å². The Kier molecular flexibility index (Phi) is 3.39. The van der Waals surface area contributed by atoms with Gasteiger partial charge in [-0.3, -0.25) is 0 Å². The number of hydrogen-bond acceptors (Lipinski definition) is 3. The van der Waals surface area contributed by atoms with Crippen molar-refractivity contribution in [1.29, 1.82) is 0 Å². The van der Waals surface area contributed by atoms with E-state index in [1.54, 1.807) is 0 Å². The van der Waals surface area contributed by atoms with Crippen LogP contribution in [0.5, 0.6) is 0 Å². The van der Waals surface area contributed by atoms with E-state index in [9.17, 15) is 0 Å². The highest BCUT2D eigenvalue weighted by Gasteiger charge is 2.09. The van der Waals surface area contributed by atoms with Gasteiger partial charge in [0.15, 0.2) is 0 Å². The third-order valence-corrected chi connectivity index (χ3v) is 2.77. The fraction of sp³-hybridized carbons (Fsp3) is 0.333. The van der Waals surface area contributed by atoms with Gasteiger partial charge in [0.05, 0.1) is 6.42 Å². The van der Waals surface area contributed by atoms with Crippen LogP contribution in [-0.2, 0) is 6.42 Å². The van der Waals surface area contributed by atoms with Crippen molar-refractivity contribution in [3.05, 3.63) is 46.1 Å². The van der Waals surface area contributed by atoms with Gasteiger partial charge < -0.3 is 4.42 Å². The molecule has 1 heterocycles. The Hall–Kier alpha value is -1.16. The molecule has 0 aliphatic carbocycles. The predicted octanol–water partition coefficient (Wildman–Crippen LogP) is 3.55. The van der Waals surface area contributed by atoms with Crippen LogP contribution in [0.4, 0.5) is 0 Å². The molecule has 0 saturated carbocycles. The minimum absolute atomic E-state index is 0.283. The molecule has 2 aromatic rings. The van der Waals surface area contributed by atoms with E-state index in [-0.39, 0.29) is 5.92 Å². The summed E-state index contributed by atoms with van der Waals surface area (Å²) in [6.07, 6.45) is 0.687. The average Bonchev–Trinajstić information content (AvgIpc) is 2.70. The van der Waals surface area contributed by atoms with Gasteiger partial charge in [0.2, 0.25) is 11.8 Å². The molecule has 1 aromatic carbocycles. The van der Waals surface area contributed by atoms with Gasteiger partial charge in [0.1, 0.15) is 0 Å². The van der Waals surface area contributed by atoms with Crippen LogP contribution in [0.15, 0.2) is 33.2 Å². The number of aromatic nitrogens is 2. The molecule has 0 fully saturated rings. The first-order valence-electron chi connectivity index (χ1n) is 5.22. The molecule has 0 aliphatic heterocycles. The van der Waals surface area contributed by atoms with Crippen LogP contribution in [0.1, 0.15) is 37.1 Å². The van der Waals surface area contributed by atoms with Crippen LogP contribution in [0.2, 0.25) is 0 Å². The minimum atomic E-state index is 0.283. The summed E-state index contributed by atoms with van der Waals surface area (Å²) in [5, 5.41) is 8.03. The van der Waals surface area contributed by atoms with Gasteiger partial charge in [0, 0.05) is 10.4 Å². The number of rotatable bonds is 3. The molecule has 3 nitrogen and oxygen atoms in total. The van der Waals surface area contributed by atoms with Gasteiger partial charge >= 0.3 is 0 Å². The van der Waals surface area contributed by atoms with Crippen LogP contribution in [0.3, 0.4) is 0 Å². The second-order valence-electron chi connectivity index (χ2n) is 3.99. The smallest absolute Gasteiger partial charge is 0.220 e. The quantitative estimate of drug-likeness (QED) is 0.863. The highest BCUT2D eigenvalue weighted by Crippen LogP contribution is 2.16. The van der Waals surface area contributed by atoms with E-state index in [4.69, 9.17) is 4.42 Å². The van der Waals surface area contributed by atoms with Crippen LogP contribution in [-0.4, -0.2) is 10.2 Å². The Labute approximate surface area is 103 Å². The van der Waals surface area contributed by atoms with Gasteiger partial charge in [-0.05, 0) is 17.7 Å². The van der Waals surface area contributed by atoms with Gasteiger partial charge in [-0.2, -0.15) is 0 Å². The molecule has 0 amide bonds. The van der Waals surface area contributed by atoms with Crippen LogP contribution >= 0.6 is 15.9 Å². The summed E-state index contributed by atoms with van der Waals surface area (Å²) >= 11 is 3.40. The van der Waals surface area contributed by atoms with Crippen molar-refractivity contribution in [3.8, 4) is 0 Å². The first-order valence-corrected chi connectivity index (χ1v) is 6.01. The third-order valence-electron chi connectivity index (χ3n) is 2.24. The van der Waals surface area contributed by atoms with Crippen molar-refractivity contribution in [2.24, 2.45) is 0 Å². The third kappa shape index (κ3) is 2.70. The SMILES string of the molecule is CC(C)c1nnc(Cc2ccc(Br)cc2)o1. The molecule has 0 unspecified atom stereocenters. The molecule has 0 radical (unpaired) electrons. The van der Waals surface area contributed by atoms with Crippen molar-refractivity contribution in [2.45, 2.75) is 26.2 Å². The van der Waals surface area contributed by atoms with Crippen molar-refractivity contribution in [2.75, 3.05) is 0 Å². The van der Waals surface area contributed by atoms with E-state index < -0.39 is 0 Å². The first-order chi connectivity index (χ1) is 7.65. The fourth-order valence-electron chi connectivity index (χ4n) is 1.35. The first kappa shape index (κ1) is 11.3. The molecule has 0 spiro atoms. The van der Waals surface area contributed by atoms with E-state index in [0.29, 0.717) is 18.2 Å². The Balaban J connectivity index is 2.11. The van der Waals surface area contributed by atoms with Crippen molar-refractivity contribution in [1.82, 2.24) is 10.2 Å². The summed E-state index contributed by atoms with van der Waals surface area (Å²) in [5.41, 5.74) is 1.17. The molecule has 0 aliphatic rings. The van der Waals surface area contributed by atoms with Gasteiger partial charge in [-0.1, -0.05) is 41.9 Å². The van der Waals surface area contributed by atoms with Crippen molar-refractivity contribution < 1.29 is 4.42 Å². The maximum atomic E-state index is 5.55. The average molecular weight is 281 g/mol. The van der Waals surface area contributed by atoms with E-state index in [1.165, 1.54) is 5.56 Å². The maximum Gasteiger partial charge on any atom is 0.220 e. The van der Waals surface area contributed by atoms with E-state index in [2.05, 4.69) is 26.1 Å². The second kappa shape index (κ2) is 4.78. The number of benzene rings is 1. The molecule has 0 saturated heterocycles. The van der Waals surface area contributed by atoms with Gasteiger partial charge in [-0.25, -0.2) is 0 Å². The Morgan fingerprint density at radius 2 is 1.88 bits per heavy atom. The summed E-state index contributed by atoms with van der Waals surface area (Å²) < 4.78 is 6.62. The number of hydrogen-bond donors (Lipinski definition) is 0. The number of nitrogens with zero attached hydrogens (tertiary/aromatic N) is 2. The molecule has 16 heavy (non-hydrogen) atoms. The van der Waals surface area contributed by atoms with E-state index in [1.807, 2.05) is 38.1 Å². The zero-order valence-corrected chi connectivity index (χ0v) is 10.9. The Morgan fingerprint density at radius 3 is 2.44 bits per heavy atom. The lowest BCUT2D eigenvalue weighted by Crippen LogP contribution is -1.87. The van der Waals surface area contributed by atoms with Crippen LogP contribution < -0.4 is 0 Å². The summed E-state index contributed by atoms with van der Waals surface area (Å²) in [4.78, 5) is 0. The molecule has 0 N–H and O–H groups in total. The molecule has 1 aromatic heterocycles. The molecule has 4 heteroatoms. The standard InChI is InChI=1S/C12H13BrN2O/c1-8(2)12-15-14-11(16-12)7-9-3-5-10(13)6-4-9/h3-6,8H,7H2,1-2H3. The lowest BCUT2D eigenvalue weighted by atomic mass is 10.1. The zero-order chi connectivity index (χ0) is 11.5. The molecule has 84 valence electrons. The summed E-state index contributed by atoms with van der Waals surface area (Å²) in [6, 6.07) is 8.11. The van der Waals surface area contributed by atoms with E-state index >= 15 is 0 Å².